The molecule has 0 unspecified atom stereocenters. The summed E-state index contributed by atoms with van der Waals surface area (Å²) in [5.41, 5.74) is 9.23. The summed E-state index contributed by atoms with van der Waals surface area (Å²) >= 11 is 7.18. The molecule has 152 valence electrons. The summed E-state index contributed by atoms with van der Waals surface area (Å²) in [5.74, 6) is 0. The van der Waals surface area contributed by atoms with Crippen LogP contribution in [0.1, 0.15) is 63.8 Å². The third-order valence-electron chi connectivity index (χ3n) is 6.86. The molecule has 0 bridgehead atoms. The van der Waals surface area contributed by atoms with Gasteiger partial charge in [-0.3, -0.25) is 0 Å². The lowest BCUT2D eigenvalue weighted by molar-refractivity contribution is 0.590. The van der Waals surface area contributed by atoms with Crippen LogP contribution >= 0.6 is 11.1 Å². The summed E-state index contributed by atoms with van der Waals surface area (Å²) in [6, 6.07) is 11.9. The summed E-state index contributed by atoms with van der Waals surface area (Å²) < 4.78 is 0. The molecule has 0 saturated heterocycles. The van der Waals surface area contributed by atoms with Crippen LogP contribution < -0.4 is 5.19 Å². The lowest BCUT2D eigenvalue weighted by Crippen LogP contribution is -2.62. The Morgan fingerprint density at radius 2 is 1.36 bits per heavy atom. The van der Waals surface area contributed by atoms with Crippen LogP contribution in [0.25, 0.3) is 11.1 Å². The van der Waals surface area contributed by atoms with Crippen molar-refractivity contribution >= 4 is 30.8 Å². The molecule has 0 saturated carbocycles. The largest absolute Gasteiger partial charge is 0.171 e. The zero-order valence-electron chi connectivity index (χ0n) is 19.5. The molecule has 0 heterocycles. The molecular weight excluding hydrogens is 392 g/mol. The Bertz CT molecular complexity index is 919. The molecule has 0 N–H and O–H groups in total. The normalized spacial score (nSPS) is 14.8. The quantitative estimate of drug-likeness (QED) is 0.297. The van der Waals surface area contributed by atoms with Gasteiger partial charge in [-0.25, -0.2) is 0 Å². The summed E-state index contributed by atoms with van der Waals surface area (Å²) in [4.78, 5) is 0. The van der Waals surface area contributed by atoms with Gasteiger partial charge in [0.2, 0.25) is 0 Å². The van der Waals surface area contributed by atoms with E-state index in [2.05, 4.69) is 98.1 Å². The van der Waals surface area contributed by atoms with Gasteiger partial charge in [0, 0.05) is 0 Å². The molecule has 0 spiro atoms. The monoisotopic (exact) mass is 428 g/mol. The summed E-state index contributed by atoms with van der Waals surface area (Å²) in [7, 11) is -1.78. The highest BCUT2D eigenvalue weighted by molar-refractivity contribution is 7.61. The van der Waals surface area contributed by atoms with Crippen LogP contribution in [-0.4, -0.2) is 14.5 Å². The van der Waals surface area contributed by atoms with E-state index in [9.17, 15) is 0 Å². The van der Waals surface area contributed by atoms with E-state index in [0.29, 0.717) is 0 Å². The highest BCUT2D eigenvalue weighted by atomic mass is 35.6. The standard InChI is InChI=1S/C25H37ClSi2/c1-24(2,3)18-11-12-19-17(15-18)16-21-20(19)13-14-22(25(4,5)6)23(21)27(7,8)28(9,10)26/h11-15H,16H2,1-10H3. The van der Waals surface area contributed by atoms with Crippen LogP contribution in [0.2, 0.25) is 26.2 Å². The van der Waals surface area contributed by atoms with Gasteiger partial charge in [0.05, 0.1) is 7.59 Å². The van der Waals surface area contributed by atoms with E-state index in [4.69, 9.17) is 11.1 Å². The van der Waals surface area contributed by atoms with Gasteiger partial charge in [0.15, 0.2) is 0 Å². The fourth-order valence-electron chi connectivity index (χ4n) is 4.38. The van der Waals surface area contributed by atoms with Crippen molar-refractivity contribution in [1.29, 1.82) is 0 Å². The molecule has 28 heavy (non-hydrogen) atoms. The predicted molar refractivity (Wildman–Crippen MR) is 133 cm³/mol. The average molecular weight is 429 g/mol. The lowest BCUT2D eigenvalue weighted by atomic mass is 9.85. The zero-order valence-corrected chi connectivity index (χ0v) is 22.2. The highest BCUT2D eigenvalue weighted by Gasteiger charge is 2.46. The van der Waals surface area contributed by atoms with Gasteiger partial charge >= 0.3 is 0 Å². The smallest absolute Gasteiger partial charge is 0.146 e. The van der Waals surface area contributed by atoms with E-state index in [0.717, 1.165) is 6.42 Å². The van der Waals surface area contributed by atoms with Gasteiger partial charge in [-0.05, 0) is 50.6 Å². The highest BCUT2D eigenvalue weighted by Crippen LogP contribution is 2.42. The van der Waals surface area contributed by atoms with E-state index in [1.807, 2.05) is 0 Å². The molecule has 1 aliphatic carbocycles. The first-order valence-corrected chi connectivity index (χ1v) is 18.6. The molecule has 1 aliphatic rings. The molecule has 2 aromatic carbocycles. The molecule has 2 aromatic rings. The second kappa shape index (κ2) is 6.58. The maximum absolute atomic E-state index is 7.18. The minimum atomic E-state index is -1.81. The van der Waals surface area contributed by atoms with Crippen molar-refractivity contribution in [2.24, 2.45) is 0 Å². The van der Waals surface area contributed by atoms with E-state index in [-0.39, 0.29) is 10.8 Å². The lowest BCUT2D eigenvalue weighted by Gasteiger charge is -2.39. The topological polar surface area (TPSA) is 0 Å². The van der Waals surface area contributed by atoms with Gasteiger partial charge in [-0.1, -0.05) is 103 Å². The zero-order chi connectivity index (χ0) is 21.3. The molecule has 0 aliphatic heterocycles. The molecule has 0 aromatic heterocycles. The summed E-state index contributed by atoms with van der Waals surface area (Å²) in [6.07, 6.45) is 1.06. The van der Waals surface area contributed by atoms with Gasteiger partial charge in [0.1, 0.15) is 6.90 Å². The Kier molecular flexibility index (Phi) is 5.14. The Labute approximate surface area is 179 Å². The molecule has 0 atom stereocenters. The fraction of sp³-hybridized carbons (Fsp3) is 0.520. The number of hydrogen-bond donors (Lipinski definition) is 0. The number of benzene rings is 2. The number of hydrogen-bond acceptors (Lipinski definition) is 0. The van der Waals surface area contributed by atoms with Crippen LogP contribution in [-0.2, 0) is 17.3 Å². The van der Waals surface area contributed by atoms with E-state index >= 15 is 0 Å². The van der Waals surface area contributed by atoms with Crippen molar-refractivity contribution in [1.82, 2.24) is 0 Å². The van der Waals surface area contributed by atoms with Crippen molar-refractivity contribution in [3.05, 3.63) is 52.6 Å². The van der Waals surface area contributed by atoms with Crippen LogP contribution in [0.3, 0.4) is 0 Å². The Morgan fingerprint density at radius 3 is 1.86 bits per heavy atom. The predicted octanol–water partition coefficient (Wildman–Crippen LogP) is 7.29. The van der Waals surface area contributed by atoms with Crippen LogP contribution in [0.5, 0.6) is 0 Å². The minimum Gasteiger partial charge on any atom is -0.171 e. The Balaban J connectivity index is 2.29. The number of halogens is 1. The molecule has 3 rings (SSSR count). The summed E-state index contributed by atoms with van der Waals surface area (Å²) in [5, 5.41) is 1.65. The Hall–Kier alpha value is -0.836. The molecular formula is C25H37ClSi2. The van der Waals surface area contributed by atoms with E-state index in [1.165, 1.54) is 27.8 Å². The van der Waals surface area contributed by atoms with Crippen molar-refractivity contribution < 1.29 is 0 Å². The maximum atomic E-state index is 7.18. The number of rotatable bonds is 2. The molecule has 0 nitrogen and oxygen atoms in total. The van der Waals surface area contributed by atoms with Crippen LogP contribution in [0, 0.1) is 0 Å². The molecule has 0 amide bonds. The number of fused-ring (bicyclic) bond motifs is 3. The maximum Gasteiger partial charge on any atom is 0.146 e. The van der Waals surface area contributed by atoms with Crippen molar-refractivity contribution in [2.45, 2.75) is 85.0 Å². The Morgan fingerprint density at radius 1 is 0.786 bits per heavy atom. The first kappa shape index (κ1) is 21.9. The van der Waals surface area contributed by atoms with Gasteiger partial charge in [-0.2, -0.15) is 11.1 Å². The molecule has 0 radical (unpaired) electrons. The average Bonchev–Trinajstić information content (AvgIpc) is 2.88. The second-order valence-electron chi connectivity index (χ2n) is 11.7. The van der Waals surface area contributed by atoms with Crippen LogP contribution in [0.4, 0.5) is 0 Å². The first-order valence-electron chi connectivity index (χ1n) is 10.5. The van der Waals surface area contributed by atoms with Gasteiger partial charge in [0.25, 0.3) is 0 Å². The SMILES string of the molecule is CC(C)(C)c1ccc2c(c1)Cc1c-2ccc(C(C)(C)C)c1[Si](C)(C)[Si](C)(C)Cl. The molecule has 0 fully saturated rings. The second-order valence-corrected chi connectivity index (χ2v) is 29.6. The van der Waals surface area contributed by atoms with Crippen LogP contribution in [0.15, 0.2) is 30.3 Å². The minimum absolute atomic E-state index is 0.135. The van der Waals surface area contributed by atoms with Crippen molar-refractivity contribution in [3.63, 3.8) is 0 Å². The third-order valence-corrected chi connectivity index (χ3v) is 25.6. The van der Waals surface area contributed by atoms with E-state index in [1.54, 1.807) is 10.8 Å². The summed E-state index contributed by atoms with van der Waals surface area (Å²) in [6.45, 7) is 21.9. The fourth-order valence-corrected chi connectivity index (χ4v) is 10.6. The molecule has 3 heteroatoms. The first-order chi connectivity index (χ1) is 12.5. The van der Waals surface area contributed by atoms with Gasteiger partial charge in [-0.15, -0.1) is 0 Å². The van der Waals surface area contributed by atoms with Gasteiger partial charge < -0.3 is 0 Å². The van der Waals surface area contributed by atoms with E-state index < -0.39 is 14.5 Å². The van der Waals surface area contributed by atoms with Crippen molar-refractivity contribution in [3.8, 4) is 11.1 Å². The van der Waals surface area contributed by atoms with Crippen molar-refractivity contribution in [2.75, 3.05) is 0 Å². The third kappa shape index (κ3) is 3.57.